The standard InChI is InChI=1S/C24H22BrClFNO4/c1-3-31-22-11-15(12-28-21-9-4-6-16(14(21)2)24(29)30)10-18(25)23(22)32-13-17-19(26)7-5-8-20(17)27/h4-11,28H,3,12-13H2,1-2H3,(H,29,30). The highest BCUT2D eigenvalue weighted by Crippen LogP contribution is 2.38. The fourth-order valence-corrected chi connectivity index (χ4v) is 4.02. The van der Waals surface area contributed by atoms with Crippen LogP contribution in [0.1, 0.15) is 34.0 Å². The molecule has 0 atom stereocenters. The highest BCUT2D eigenvalue weighted by atomic mass is 79.9. The Morgan fingerprint density at radius 2 is 1.94 bits per heavy atom. The quantitative estimate of drug-likeness (QED) is 0.322. The first-order chi connectivity index (χ1) is 15.3. The van der Waals surface area contributed by atoms with E-state index in [1.165, 1.54) is 6.07 Å². The summed E-state index contributed by atoms with van der Waals surface area (Å²) in [6, 6.07) is 13.3. The summed E-state index contributed by atoms with van der Waals surface area (Å²) in [5.41, 5.74) is 2.79. The topological polar surface area (TPSA) is 67.8 Å². The molecular formula is C24H22BrClFNO4. The largest absolute Gasteiger partial charge is 0.490 e. The molecule has 8 heteroatoms. The minimum absolute atomic E-state index is 0.0526. The lowest BCUT2D eigenvalue weighted by Gasteiger charge is -2.17. The van der Waals surface area contributed by atoms with Crippen molar-refractivity contribution in [3.05, 3.63) is 86.1 Å². The molecule has 3 rings (SSSR count). The Bertz CT molecular complexity index is 1120. The van der Waals surface area contributed by atoms with Crippen LogP contribution in [0.4, 0.5) is 10.1 Å². The lowest BCUT2D eigenvalue weighted by Crippen LogP contribution is -2.07. The van der Waals surface area contributed by atoms with Gasteiger partial charge in [-0.05, 0) is 77.3 Å². The van der Waals surface area contributed by atoms with Crippen LogP contribution in [0.3, 0.4) is 0 Å². The lowest BCUT2D eigenvalue weighted by atomic mass is 10.1. The van der Waals surface area contributed by atoms with Crippen LogP contribution >= 0.6 is 27.5 Å². The number of carboxylic acids is 1. The summed E-state index contributed by atoms with van der Waals surface area (Å²) in [7, 11) is 0. The molecule has 3 aromatic rings. The second-order valence-electron chi connectivity index (χ2n) is 6.96. The van der Waals surface area contributed by atoms with Gasteiger partial charge in [-0.15, -0.1) is 0 Å². The first-order valence-corrected chi connectivity index (χ1v) is 11.1. The van der Waals surface area contributed by atoms with E-state index in [1.54, 1.807) is 31.2 Å². The Morgan fingerprint density at radius 3 is 2.62 bits per heavy atom. The molecule has 32 heavy (non-hydrogen) atoms. The number of carbonyl (C=O) groups is 1. The van der Waals surface area contributed by atoms with Crippen molar-refractivity contribution in [1.29, 1.82) is 0 Å². The van der Waals surface area contributed by atoms with Gasteiger partial charge in [-0.25, -0.2) is 9.18 Å². The summed E-state index contributed by atoms with van der Waals surface area (Å²) in [4.78, 5) is 11.4. The van der Waals surface area contributed by atoms with Crippen molar-refractivity contribution < 1.29 is 23.8 Å². The molecule has 0 saturated heterocycles. The van der Waals surface area contributed by atoms with Gasteiger partial charge in [0.1, 0.15) is 12.4 Å². The van der Waals surface area contributed by atoms with Crippen LogP contribution < -0.4 is 14.8 Å². The Hall–Kier alpha value is -2.77. The van der Waals surface area contributed by atoms with Crippen LogP contribution in [0.25, 0.3) is 0 Å². The maximum absolute atomic E-state index is 14.1. The smallest absolute Gasteiger partial charge is 0.336 e. The van der Waals surface area contributed by atoms with Crippen LogP contribution in [-0.4, -0.2) is 17.7 Å². The summed E-state index contributed by atoms with van der Waals surface area (Å²) in [5, 5.41) is 12.9. The van der Waals surface area contributed by atoms with Crippen molar-refractivity contribution in [1.82, 2.24) is 0 Å². The van der Waals surface area contributed by atoms with Gasteiger partial charge >= 0.3 is 5.97 Å². The number of hydrogen-bond donors (Lipinski definition) is 2. The van der Waals surface area contributed by atoms with E-state index in [-0.39, 0.29) is 17.7 Å². The molecule has 0 radical (unpaired) electrons. The van der Waals surface area contributed by atoms with Crippen LogP contribution in [0.15, 0.2) is 53.0 Å². The second kappa shape index (κ2) is 10.7. The average molecular weight is 523 g/mol. The molecule has 0 spiro atoms. The highest BCUT2D eigenvalue weighted by Gasteiger charge is 2.16. The van der Waals surface area contributed by atoms with Crippen molar-refractivity contribution in [2.75, 3.05) is 11.9 Å². The zero-order valence-electron chi connectivity index (χ0n) is 17.5. The molecule has 0 amide bonds. The summed E-state index contributed by atoms with van der Waals surface area (Å²) >= 11 is 9.61. The van der Waals surface area contributed by atoms with Gasteiger partial charge in [-0.2, -0.15) is 0 Å². The van der Waals surface area contributed by atoms with Gasteiger partial charge in [0.25, 0.3) is 0 Å². The summed E-state index contributed by atoms with van der Waals surface area (Å²) in [5.74, 6) is -0.462. The van der Waals surface area contributed by atoms with Gasteiger partial charge < -0.3 is 19.9 Å². The molecule has 0 bridgehead atoms. The highest BCUT2D eigenvalue weighted by molar-refractivity contribution is 9.10. The Balaban J connectivity index is 1.81. The fraction of sp³-hybridized carbons (Fsp3) is 0.208. The molecule has 3 aromatic carbocycles. The number of ether oxygens (including phenoxy) is 2. The Labute approximate surface area is 199 Å². The molecule has 168 valence electrons. The number of halogens is 3. The molecular weight excluding hydrogens is 501 g/mol. The third-order valence-electron chi connectivity index (χ3n) is 4.84. The number of hydrogen-bond acceptors (Lipinski definition) is 4. The minimum Gasteiger partial charge on any atom is -0.490 e. The summed E-state index contributed by atoms with van der Waals surface area (Å²) in [6.07, 6.45) is 0. The third kappa shape index (κ3) is 5.53. The predicted octanol–water partition coefficient (Wildman–Crippen LogP) is 6.84. The van der Waals surface area contributed by atoms with E-state index in [0.717, 1.165) is 11.3 Å². The van der Waals surface area contributed by atoms with E-state index in [9.17, 15) is 14.3 Å². The van der Waals surface area contributed by atoms with E-state index in [2.05, 4.69) is 21.2 Å². The fourth-order valence-electron chi connectivity index (χ4n) is 3.20. The van der Waals surface area contributed by atoms with Gasteiger partial charge in [0, 0.05) is 17.8 Å². The Kier molecular flexibility index (Phi) is 7.99. The number of carboxylic acid groups (broad SMARTS) is 1. The van der Waals surface area contributed by atoms with Crippen LogP contribution in [0, 0.1) is 12.7 Å². The third-order valence-corrected chi connectivity index (χ3v) is 5.78. The van der Waals surface area contributed by atoms with E-state index >= 15 is 0 Å². The van der Waals surface area contributed by atoms with Gasteiger partial charge in [0.15, 0.2) is 11.5 Å². The SMILES string of the molecule is CCOc1cc(CNc2cccc(C(=O)O)c2C)cc(Br)c1OCc1c(F)cccc1Cl. The van der Waals surface area contributed by atoms with E-state index in [4.69, 9.17) is 21.1 Å². The van der Waals surface area contributed by atoms with Crippen molar-refractivity contribution in [3.63, 3.8) is 0 Å². The maximum Gasteiger partial charge on any atom is 0.336 e. The molecule has 0 heterocycles. The normalized spacial score (nSPS) is 10.7. The second-order valence-corrected chi connectivity index (χ2v) is 8.23. The lowest BCUT2D eigenvalue weighted by molar-refractivity contribution is 0.0696. The van der Waals surface area contributed by atoms with Gasteiger partial charge in [0.2, 0.25) is 0 Å². The summed E-state index contributed by atoms with van der Waals surface area (Å²) in [6.45, 7) is 4.42. The molecule has 0 unspecified atom stereocenters. The number of aromatic carboxylic acids is 1. The van der Waals surface area contributed by atoms with E-state index < -0.39 is 11.8 Å². The summed E-state index contributed by atoms with van der Waals surface area (Å²) < 4.78 is 26.3. The maximum atomic E-state index is 14.1. The predicted molar refractivity (Wildman–Crippen MR) is 127 cm³/mol. The number of rotatable bonds is 9. The molecule has 2 N–H and O–H groups in total. The first-order valence-electron chi connectivity index (χ1n) is 9.89. The molecule has 0 fully saturated rings. The van der Waals surface area contributed by atoms with Crippen molar-refractivity contribution in [2.24, 2.45) is 0 Å². The number of benzene rings is 3. The molecule has 0 aliphatic rings. The average Bonchev–Trinajstić information content (AvgIpc) is 2.74. The molecule has 0 aliphatic heterocycles. The van der Waals surface area contributed by atoms with Crippen LogP contribution in [-0.2, 0) is 13.2 Å². The van der Waals surface area contributed by atoms with Crippen molar-refractivity contribution in [3.8, 4) is 11.5 Å². The molecule has 0 saturated carbocycles. The van der Waals surface area contributed by atoms with E-state index in [1.807, 2.05) is 25.1 Å². The minimum atomic E-state index is -0.969. The molecule has 0 aliphatic carbocycles. The zero-order valence-corrected chi connectivity index (χ0v) is 19.9. The molecule has 0 aromatic heterocycles. The Morgan fingerprint density at radius 1 is 1.19 bits per heavy atom. The number of anilines is 1. The van der Waals surface area contributed by atoms with Crippen LogP contribution in [0.5, 0.6) is 11.5 Å². The van der Waals surface area contributed by atoms with Crippen molar-refractivity contribution in [2.45, 2.75) is 27.0 Å². The van der Waals surface area contributed by atoms with E-state index in [0.29, 0.717) is 39.7 Å². The molecule has 5 nitrogen and oxygen atoms in total. The first kappa shape index (κ1) is 23.9. The van der Waals surface area contributed by atoms with Crippen LogP contribution in [0.2, 0.25) is 5.02 Å². The monoisotopic (exact) mass is 521 g/mol. The van der Waals surface area contributed by atoms with Gasteiger partial charge in [-0.3, -0.25) is 0 Å². The number of nitrogens with one attached hydrogen (secondary N) is 1. The zero-order chi connectivity index (χ0) is 23.3. The van der Waals surface area contributed by atoms with Gasteiger partial charge in [-0.1, -0.05) is 23.7 Å². The van der Waals surface area contributed by atoms with Gasteiger partial charge in [0.05, 0.1) is 21.7 Å². The van der Waals surface area contributed by atoms with Crippen molar-refractivity contribution >= 4 is 39.2 Å².